The molecule has 4 rings (SSSR count). The number of carboxylic acid groups (broad SMARTS) is 1. The molecule has 3 atom stereocenters. The minimum atomic E-state index is -1.04. The first kappa shape index (κ1) is 28.8. The lowest BCUT2D eigenvalue weighted by Crippen LogP contribution is -2.55. The van der Waals surface area contributed by atoms with Gasteiger partial charge in [0.1, 0.15) is 12.6 Å². The molecule has 1 aliphatic rings. The van der Waals surface area contributed by atoms with Gasteiger partial charge in [-0.05, 0) is 47.6 Å². The van der Waals surface area contributed by atoms with Crippen molar-refractivity contribution in [3.63, 3.8) is 0 Å². The second-order valence-corrected chi connectivity index (χ2v) is 10.00. The molecule has 3 aromatic rings. The van der Waals surface area contributed by atoms with Gasteiger partial charge in [-0.1, -0.05) is 85.8 Å². The molecule has 8 heteroatoms. The molecule has 3 N–H and O–H groups in total. The highest BCUT2D eigenvalue weighted by Crippen LogP contribution is 2.44. The van der Waals surface area contributed by atoms with Crippen molar-refractivity contribution < 1.29 is 29.0 Å². The maximum atomic E-state index is 13.3. The molecule has 0 radical (unpaired) electrons. The molecule has 0 aliphatic heterocycles. The summed E-state index contributed by atoms with van der Waals surface area (Å²) in [6, 6.07) is 24.3. The summed E-state index contributed by atoms with van der Waals surface area (Å²) in [6.45, 7) is 3.96. The Bertz CT molecular complexity index is 1270. The summed E-state index contributed by atoms with van der Waals surface area (Å²) in [7, 11) is 0. The lowest BCUT2D eigenvalue weighted by Gasteiger charge is -2.27. The number of carbonyl (C=O) groups excluding carboxylic acids is 2. The zero-order valence-electron chi connectivity index (χ0n) is 22.8. The van der Waals surface area contributed by atoms with Gasteiger partial charge in [0.25, 0.3) is 0 Å². The molecule has 3 unspecified atom stereocenters. The van der Waals surface area contributed by atoms with Gasteiger partial charge < -0.3 is 25.2 Å². The van der Waals surface area contributed by atoms with Crippen molar-refractivity contribution in [3.05, 3.63) is 95.6 Å². The SMILES string of the molecule is CCC(CCC(=O)O)NC(=O)C(NC(=O)OCC1c2ccccc2-c2ccccc21)C(C)OCc1ccccc1. The van der Waals surface area contributed by atoms with E-state index in [0.29, 0.717) is 6.42 Å². The maximum Gasteiger partial charge on any atom is 0.407 e. The van der Waals surface area contributed by atoms with Crippen molar-refractivity contribution in [1.29, 1.82) is 0 Å². The monoisotopic (exact) mass is 544 g/mol. The van der Waals surface area contributed by atoms with Crippen molar-refractivity contribution >= 4 is 18.0 Å². The molecule has 0 aromatic heterocycles. The van der Waals surface area contributed by atoms with Gasteiger partial charge in [-0.25, -0.2) is 4.79 Å². The van der Waals surface area contributed by atoms with Gasteiger partial charge in [-0.15, -0.1) is 0 Å². The minimum absolute atomic E-state index is 0.0661. The maximum absolute atomic E-state index is 13.3. The van der Waals surface area contributed by atoms with E-state index in [2.05, 4.69) is 22.8 Å². The summed E-state index contributed by atoms with van der Waals surface area (Å²) >= 11 is 0. The quantitative estimate of drug-likeness (QED) is 0.271. The smallest absolute Gasteiger partial charge is 0.407 e. The molecule has 40 heavy (non-hydrogen) atoms. The largest absolute Gasteiger partial charge is 0.481 e. The Balaban J connectivity index is 1.43. The number of ether oxygens (including phenoxy) is 2. The Morgan fingerprint density at radius 3 is 2.08 bits per heavy atom. The Labute approximate surface area is 234 Å². The second kappa shape index (κ2) is 13.8. The van der Waals surface area contributed by atoms with E-state index in [1.165, 1.54) is 0 Å². The number of aliphatic carboxylic acids is 1. The van der Waals surface area contributed by atoms with Crippen molar-refractivity contribution in [2.75, 3.05) is 6.61 Å². The van der Waals surface area contributed by atoms with Gasteiger partial charge in [0, 0.05) is 18.4 Å². The summed E-state index contributed by atoms with van der Waals surface area (Å²) < 4.78 is 11.7. The van der Waals surface area contributed by atoms with E-state index in [0.717, 1.165) is 27.8 Å². The molecule has 0 heterocycles. The van der Waals surface area contributed by atoms with E-state index in [-0.39, 0.29) is 38.0 Å². The number of benzene rings is 3. The Hall–Kier alpha value is -4.17. The molecule has 210 valence electrons. The van der Waals surface area contributed by atoms with Gasteiger partial charge in [-0.2, -0.15) is 0 Å². The number of rotatable bonds is 13. The van der Waals surface area contributed by atoms with Gasteiger partial charge >= 0.3 is 12.1 Å². The standard InChI is InChI=1S/C32H36N2O6/c1-3-23(17-18-29(35)36)33-31(37)30(21(2)39-19-22-11-5-4-6-12-22)34-32(38)40-20-28-26-15-9-7-13-24(26)25-14-8-10-16-27(25)28/h4-16,21,23,28,30H,3,17-20H2,1-2H3,(H,33,37)(H,34,38)(H,35,36). The first-order chi connectivity index (χ1) is 19.4. The average Bonchev–Trinajstić information content (AvgIpc) is 3.29. The minimum Gasteiger partial charge on any atom is -0.481 e. The van der Waals surface area contributed by atoms with Gasteiger partial charge in [0.2, 0.25) is 5.91 Å². The number of hydrogen-bond donors (Lipinski definition) is 3. The van der Waals surface area contributed by atoms with Crippen molar-refractivity contribution in [1.82, 2.24) is 10.6 Å². The third kappa shape index (κ3) is 7.27. The summed E-state index contributed by atoms with van der Waals surface area (Å²) in [5.41, 5.74) is 5.37. The number of hydrogen-bond acceptors (Lipinski definition) is 5. The predicted octanol–water partition coefficient (Wildman–Crippen LogP) is 5.26. The Morgan fingerprint density at radius 1 is 0.875 bits per heavy atom. The third-order valence-corrected chi connectivity index (χ3v) is 7.27. The number of carboxylic acids is 1. The Morgan fingerprint density at radius 2 is 1.48 bits per heavy atom. The molecule has 3 aromatic carbocycles. The number of alkyl carbamates (subject to hydrolysis) is 1. The normalized spacial score (nSPS) is 14.3. The fraction of sp³-hybridized carbons (Fsp3) is 0.344. The van der Waals surface area contributed by atoms with Gasteiger partial charge in [0.15, 0.2) is 0 Å². The fourth-order valence-corrected chi connectivity index (χ4v) is 5.03. The van der Waals surface area contributed by atoms with E-state index < -0.39 is 30.1 Å². The van der Waals surface area contributed by atoms with E-state index >= 15 is 0 Å². The molecular formula is C32H36N2O6. The molecule has 0 bridgehead atoms. The van der Waals surface area contributed by atoms with Crippen LogP contribution in [0.5, 0.6) is 0 Å². The summed E-state index contributed by atoms with van der Waals surface area (Å²) in [6.07, 6.45) is -0.637. The highest BCUT2D eigenvalue weighted by molar-refractivity contribution is 5.86. The second-order valence-electron chi connectivity index (χ2n) is 10.00. The molecule has 0 spiro atoms. The summed E-state index contributed by atoms with van der Waals surface area (Å²) in [5.74, 6) is -1.50. The Kier molecular flexibility index (Phi) is 9.91. The highest BCUT2D eigenvalue weighted by Gasteiger charge is 2.32. The van der Waals surface area contributed by atoms with Gasteiger partial charge in [-0.3, -0.25) is 9.59 Å². The van der Waals surface area contributed by atoms with Crippen LogP contribution in [0.3, 0.4) is 0 Å². The van der Waals surface area contributed by atoms with E-state index in [4.69, 9.17) is 14.6 Å². The average molecular weight is 545 g/mol. The first-order valence-corrected chi connectivity index (χ1v) is 13.7. The van der Waals surface area contributed by atoms with Crippen LogP contribution in [0.1, 0.15) is 55.7 Å². The number of carbonyl (C=O) groups is 3. The molecule has 2 amide bonds. The molecule has 1 aliphatic carbocycles. The topological polar surface area (TPSA) is 114 Å². The lowest BCUT2D eigenvalue weighted by atomic mass is 9.98. The predicted molar refractivity (Wildman–Crippen MR) is 152 cm³/mol. The van der Waals surface area contributed by atoms with Crippen LogP contribution in [0.15, 0.2) is 78.9 Å². The van der Waals surface area contributed by atoms with Crippen LogP contribution in [-0.4, -0.2) is 47.9 Å². The first-order valence-electron chi connectivity index (χ1n) is 13.7. The van der Waals surface area contributed by atoms with E-state index in [1.54, 1.807) is 6.92 Å². The van der Waals surface area contributed by atoms with E-state index in [9.17, 15) is 14.4 Å². The number of fused-ring (bicyclic) bond motifs is 3. The zero-order valence-corrected chi connectivity index (χ0v) is 22.8. The molecule has 0 saturated heterocycles. The summed E-state index contributed by atoms with van der Waals surface area (Å²) in [4.78, 5) is 37.4. The van der Waals surface area contributed by atoms with Crippen LogP contribution >= 0.6 is 0 Å². The van der Waals surface area contributed by atoms with Crippen molar-refractivity contribution in [2.45, 2.75) is 63.8 Å². The highest BCUT2D eigenvalue weighted by atomic mass is 16.5. The van der Waals surface area contributed by atoms with Crippen LogP contribution < -0.4 is 10.6 Å². The molecule has 0 fully saturated rings. The molecule has 0 saturated carbocycles. The van der Waals surface area contributed by atoms with Gasteiger partial charge in [0.05, 0.1) is 12.7 Å². The molecule has 8 nitrogen and oxygen atoms in total. The number of amides is 2. The lowest BCUT2D eigenvalue weighted by molar-refractivity contribution is -0.137. The van der Waals surface area contributed by atoms with E-state index in [1.807, 2.05) is 73.7 Å². The van der Waals surface area contributed by atoms with Crippen LogP contribution in [0.25, 0.3) is 11.1 Å². The van der Waals surface area contributed by atoms with Crippen LogP contribution in [0, 0.1) is 0 Å². The van der Waals surface area contributed by atoms with Crippen molar-refractivity contribution in [2.24, 2.45) is 0 Å². The zero-order chi connectivity index (χ0) is 28.5. The third-order valence-electron chi connectivity index (χ3n) is 7.27. The van der Waals surface area contributed by atoms with Crippen LogP contribution in [0.4, 0.5) is 4.79 Å². The van der Waals surface area contributed by atoms with Crippen LogP contribution in [0.2, 0.25) is 0 Å². The molecular weight excluding hydrogens is 508 g/mol. The summed E-state index contributed by atoms with van der Waals surface area (Å²) in [5, 5.41) is 14.6. The number of nitrogens with one attached hydrogen (secondary N) is 2. The van der Waals surface area contributed by atoms with Crippen molar-refractivity contribution in [3.8, 4) is 11.1 Å². The van der Waals surface area contributed by atoms with Crippen LogP contribution in [-0.2, 0) is 25.7 Å². The fourth-order valence-electron chi connectivity index (χ4n) is 5.03.